The highest BCUT2D eigenvalue weighted by Crippen LogP contribution is 2.34. The number of aromatic nitrogens is 3. The van der Waals surface area contributed by atoms with Gasteiger partial charge in [0.15, 0.2) is 0 Å². The fourth-order valence-electron chi connectivity index (χ4n) is 2.74. The van der Waals surface area contributed by atoms with E-state index in [2.05, 4.69) is 15.5 Å². The predicted molar refractivity (Wildman–Crippen MR) is 96.3 cm³/mol. The molecule has 2 N–H and O–H groups in total. The third kappa shape index (κ3) is 3.19. The van der Waals surface area contributed by atoms with Crippen molar-refractivity contribution in [3.8, 4) is 0 Å². The van der Waals surface area contributed by atoms with Crippen LogP contribution in [0.3, 0.4) is 0 Å². The average molecular weight is 388 g/mol. The molecule has 4 rings (SSSR count). The van der Waals surface area contributed by atoms with E-state index in [0.717, 1.165) is 22.0 Å². The van der Waals surface area contributed by atoms with E-state index in [4.69, 9.17) is 4.52 Å². The lowest BCUT2D eigenvalue weighted by Crippen LogP contribution is -2.39. The Morgan fingerprint density at radius 2 is 2.15 bits per heavy atom. The minimum atomic E-state index is -0.829. The predicted octanol–water partition coefficient (Wildman–Crippen LogP) is 1.71. The van der Waals surface area contributed by atoms with E-state index in [1.165, 1.54) is 18.2 Å². The zero-order valence-electron chi connectivity index (χ0n) is 13.8. The number of nitrogens with zero attached hydrogens (tertiary/aromatic N) is 2. The second-order valence-electron chi connectivity index (χ2n) is 5.87. The van der Waals surface area contributed by atoms with Crippen LogP contribution in [0.25, 0.3) is 0 Å². The zero-order valence-corrected chi connectivity index (χ0v) is 14.6. The first-order valence-electron chi connectivity index (χ1n) is 7.97. The van der Waals surface area contributed by atoms with Crippen LogP contribution in [0, 0.1) is 5.82 Å². The number of H-pyrrole nitrogens is 1. The quantitative estimate of drug-likeness (QED) is 0.704. The molecule has 1 aliphatic rings. The smallest absolute Gasteiger partial charge is 0.328 e. The summed E-state index contributed by atoms with van der Waals surface area (Å²) in [6.45, 7) is -0.295. The van der Waals surface area contributed by atoms with Gasteiger partial charge in [0.25, 0.3) is 11.5 Å². The molecule has 1 amide bonds. The number of nitrogens with one attached hydrogen (secondary N) is 2. The molecule has 138 valence electrons. The van der Waals surface area contributed by atoms with Crippen molar-refractivity contribution in [1.82, 2.24) is 14.7 Å². The largest absolute Gasteiger partial charge is 0.338 e. The molecule has 3 aromatic rings. The van der Waals surface area contributed by atoms with E-state index in [1.807, 2.05) is 0 Å². The van der Waals surface area contributed by atoms with Crippen molar-refractivity contribution in [2.45, 2.75) is 18.1 Å². The van der Waals surface area contributed by atoms with Crippen molar-refractivity contribution in [3.05, 3.63) is 79.5 Å². The lowest BCUT2D eigenvalue weighted by Gasteiger charge is -2.08. The van der Waals surface area contributed by atoms with Gasteiger partial charge in [0.05, 0.1) is 17.8 Å². The number of halogens is 1. The monoisotopic (exact) mass is 388 g/mol. The van der Waals surface area contributed by atoms with E-state index in [1.54, 1.807) is 17.8 Å². The van der Waals surface area contributed by atoms with Crippen LogP contribution in [0.5, 0.6) is 0 Å². The standard InChI is InChI=1S/C17H13FN4O4S/c18-12-4-2-1-3-9(12)6-22-16(24)10(5-19-17(22)25)14(23)20-15-11-7-27-8-13(11)21-26-15/h1-5H,6-8H2,(H,19,25)(H,20,23). The van der Waals surface area contributed by atoms with Gasteiger partial charge in [0.2, 0.25) is 5.88 Å². The van der Waals surface area contributed by atoms with Crippen molar-refractivity contribution in [3.63, 3.8) is 0 Å². The number of rotatable bonds is 4. The van der Waals surface area contributed by atoms with Crippen molar-refractivity contribution < 1.29 is 13.7 Å². The maximum atomic E-state index is 13.8. The van der Waals surface area contributed by atoms with Gasteiger partial charge in [-0.25, -0.2) is 9.18 Å². The fraction of sp³-hybridized carbons (Fsp3) is 0.176. The van der Waals surface area contributed by atoms with Crippen molar-refractivity contribution in [1.29, 1.82) is 0 Å². The molecule has 0 unspecified atom stereocenters. The molecule has 8 nitrogen and oxygen atoms in total. The molecular weight excluding hydrogens is 375 g/mol. The molecule has 0 saturated heterocycles. The summed E-state index contributed by atoms with van der Waals surface area (Å²) in [5, 5.41) is 6.38. The van der Waals surface area contributed by atoms with Gasteiger partial charge in [0.1, 0.15) is 11.4 Å². The second kappa shape index (κ2) is 6.88. The van der Waals surface area contributed by atoms with E-state index < -0.39 is 23.0 Å². The molecule has 1 aliphatic heterocycles. The Hall–Kier alpha value is -3.14. The lowest BCUT2D eigenvalue weighted by molar-refractivity contribution is 0.102. The van der Waals surface area contributed by atoms with Crippen LogP contribution in [0.2, 0.25) is 0 Å². The number of amides is 1. The topological polar surface area (TPSA) is 110 Å². The van der Waals surface area contributed by atoms with Crippen molar-refractivity contribution in [2.24, 2.45) is 0 Å². The number of aromatic amines is 1. The van der Waals surface area contributed by atoms with Gasteiger partial charge in [-0.3, -0.25) is 19.5 Å². The molecule has 0 atom stereocenters. The first kappa shape index (κ1) is 17.3. The van der Waals surface area contributed by atoms with Gasteiger partial charge >= 0.3 is 5.69 Å². The number of fused-ring (bicyclic) bond motifs is 1. The molecule has 0 radical (unpaired) electrons. The third-order valence-corrected chi connectivity index (χ3v) is 5.14. The number of carbonyl (C=O) groups excluding carboxylic acids is 1. The number of carbonyl (C=O) groups is 1. The summed E-state index contributed by atoms with van der Waals surface area (Å²) in [5.41, 5.74) is -0.158. The number of hydrogen-bond donors (Lipinski definition) is 2. The second-order valence-corrected chi connectivity index (χ2v) is 6.86. The Morgan fingerprint density at radius 1 is 1.33 bits per heavy atom. The molecule has 0 spiro atoms. The van der Waals surface area contributed by atoms with Gasteiger partial charge in [-0.2, -0.15) is 11.8 Å². The molecule has 27 heavy (non-hydrogen) atoms. The van der Waals surface area contributed by atoms with E-state index in [0.29, 0.717) is 11.5 Å². The molecule has 1 aromatic carbocycles. The molecule has 2 aromatic heterocycles. The number of thioether (sulfide) groups is 1. The summed E-state index contributed by atoms with van der Waals surface area (Å²) in [4.78, 5) is 39.5. The average Bonchev–Trinajstić information content (AvgIpc) is 3.25. The lowest BCUT2D eigenvalue weighted by atomic mass is 10.2. The fourth-order valence-corrected chi connectivity index (χ4v) is 3.76. The molecule has 0 aliphatic carbocycles. The van der Waals surface area contributed by atoms with E-state index >= 15 is 0 Å². The van der Waals surface area contributed by atoms with Gasteiger partial charge in [-0.05, 0) is 6.07 Å². The summed E-state index contributed by atoms with van der Waals surface area (Å²) >= 11 is 1.63. The van der Waals surface area contributed by atoms with Crippen LogP contribution in [0.4, 0.5) is 10.3 Å². The maximum absolute atomic E-state index is 13.8. The summed E-state index contributed by atoms with van der Waals surface area (Å²) in [7, 11) is 0. The normalized spacial score (nSPS) is 12.8. The van der Waals surface area contributed by atoms with Crippen LogP contribution in [0.15, 0.2) is 44.6 Å². The minimum Gasteiger partial charge on any atom is -0.338 e. The van der Waals surface area contributed by atoms with Crippen LogP contribution in [-0.2, 0) is 18.1 Å². The highest BCUT2D eigenvalue weighted by atomic mass is 32.2. The number of benzene rings is 1. The zero-order chi connectivity index (χ0) is 19.0. The summed E-state index contributed by atoms with van der Waals surface area (Å²) < 4.78 is 19.7. The Bertz CT molecular complexity index is 1150. The Balaban J connectivity index is 1.65. The van der Waals surface area contributed by atoms with Crippen LogP contribution in [-0.4, -0.2) is 20.6 Å². The Morgan fingerprint density at radius 3 is 2.96 bits per heavy atom. The minimum absolute atomic E-state index is 0.160. The Labute approximate surface area is 155 Å². The van der Waals surface area contributed by atoms with Crippen LogP contribution in [0.1, 0.15) is 27.2 Å². The maximum Gasteiger partial charge on any atom is 0.328 e. The molecule has 10 heteroatoms. The molecule has 0 fully saturated rings. The van der Waals surface area contributed by atoms with Crippen molar-refractivity contribution in [2.75, 3.05) is 5.32 Å². The van der Waals surface area contributed by atoms with Gasteiger partial charge < -0.3 is 9.51 Å². The summed E-state index contributed by atoms with van der Waals surface area (Å²) in [6, 6.07) is 5.79. The first-order valence-corrected chi connectivity index (χ1v) is 9.12. The van der Waals surface area contributed by atoms with Gasteiger partial charge in [-0.1, -0.05) is 23.4 Å². The van der Waals surface area contributed by atoms with Crippen molar-refractivity contribution >= 4 is 23.6 Å². The SMILES string of the molecule is O=C(Nc1onc2c1CSC2)c1c[nH]c(=O)n(Cc2ccccc2F)c1=O. The number of anilines is 1. The summed E-state index contributed by atoms with van der Waals surface area (Å²) in [6.07, 6.45) is 1.03. The molecular formula is C17H13FN4O4S. The van der Waals surface area contributed by atoms with E-state index in [-0.39, 0.29) is 23.6 Å². The summed E-state index contributed by atoms with van der Waals surface area (Å²) in [5.74, 6) is 0.245. The molecule has 3 heterocycles. The van der Waals surface area contributed by atoms with Crippen LogP contribution >= 0.6 is 11.8 Å². The van der Waals surface area contributed by atoms with Gasteiger partial charge in [0, 0.05) is 23.3 Å². The third-order valence-electron chi connectivity index (χ3n) is 4.17. The molecule has 0 bridgehead atoms. The number of hydrogen-bond acceptors (Lipinski definition) is 6. The highest BCUT2D eigenvalue weighted by Gasteiger charge is 2.24. The van der Waals surface area contributed by atoms with E-state index in [9.17, 15) is 18.8 Å². The van der Waals surface area contributed by atoms with Crippen LogP contribution < -0.4 is 16.6 Å². The van der Waals surface area contributed by atoms with Gasteiger partial charge in [-0.15, -0.1) is 0 Å². The highest BCUT2D eigenvalue weighted by molar-refractivity contribution is 7.98. The Kier molecular flexibility index (Phi) is 4.40. The molecule has 0 saturated carbocycles. The first-order chi connectivity index (χ1) is 13.0.